The second kappa shape index (κ2) is 4.68. The predicted octanol–water partition coefficient (Wildman–Crippen LogP) is 2.59. The van der Waals surface area contributed by atoms with Crippen LogP contribution in [0.4, 0.5) is 14.9 Å². The molecule has 0 saturated carbocycles. The Morgan fingerprint density at radius 2 is 2.11 bits per heavy atom. The molecule has 1 N–H and O–H groups in total. The van der Waals surface area contributed by atoms with Gasteiger partial charge < -0.3 is 0 Å². The van der Waals surface area contributed by atoms with E-state index in [-0.39, 0.29) is 17.6 Å². The number of nitrogens with zero attached hydrogens (tertiary/aromatic N) is 1. The normalized spacial score (nSPS) is 20.0. The van der Waals surface area contributed by atoms with E-state index in [4.69, 9.17) is 0 Å². The Bertz CT molecular complexity index is 533. The van der Waals surface area contributed by atoms with Gasteiger partial charge in [0.15, 0.2) is 0 Å². The number of benzene rings is 1. The van der Waals surface area contributed by atoms with E-state index in [0.717, 1.165) is 0 Å². The van der Waals surface area contributed by atoms with Gasteiger partial charge in [0, 0.05) is 12.2 Å². The summed E-state index contributed by atoms with van der Waals surface area (Å²) in [7, 11) is 0. The first-order valence-corrected chi connectivity index (χ1v) is 6.27. The second-order valence-electron chi connectivity index (χ2n) is 4.36. The van der Waals surface area contributed by atoms with E-state index in [1.54, 1.807) is 19.9 Å². The van der Waals surface area contributed by atoms with Gasteiger partial charge in [0.25, 0.3) is 0 Å². The summed E-state index contributed by atoms with van der Waals surface area (Å²) in [6, 6.07) is 2.43. The molecule has 4 nitrogen and oxygen atoms in total. The van der Waals surface area contributed by atoms with Crippen molar-refractivity contribution >= 4 is 33.6 Å². The van der Waals surface area contributed by atoms with Gasteiger partial charge in [-0.3, -0.25) is 15.0 Å². The Balaban J connectivity index is 2.39. The first-order chi connectivity index (χ1) is 8.40. The highest BCUT2D eigenvalue weighted by Crippen LogP contribution is 2.29. The van der Waals surface area contributed by atoms with E-state index in [1.165, 1.54) is 11.0 Å². The van der Waals surface area contributed by atoms with Crippen LogP contribution in [0.5, 0.6) is 0 Å². The molecule has 6 heteroatoms. The Morgan fingerprint density at radius 1 is 1.44 bits per heavy atom. The van der Waals surface area contributed by atoms with Crippen molar-refractivity contribution < 1.29 is 14.0 Å². The number of rotatable bonds is 1. The quantitative estimate of drug-likeness (QED) is 0.866. The van der Waals surface area contributed by atoms with E-state index in [1.807, 2.05) is 0 Å². The summed E-state index contributed by atoms with van der Waals surface area (Å²) in [5.74, 6) is -0.946. The summed E-state index contributed by atoms with van der Waals surface area (Å²) >= 11 is 3.09. The number of aryl methyl sites for hydroxylation is 1. The number of hydrogen-bond acceptors (Lipinski definition) is 2. The lowest BCUT2D eigenvalue weighted by Crippen LogP contribution is -2.54. The summed E-state index contributed by atoms with van der Waals surface area (Å²) in [5, 5.41) is 2.28. The average Bonchev–Trinajstić information content (AvgIpc) is 2.29. The fourth-order valence-corrected chi connectivity index (χ4v) is 2.20. The van der Waals surface area contributed by atoms with E-state index >= 15 is 0 Å². The molecule has 1 aromatic rings. The summed E-state index contributed by atoms with van der Waals surface area (Å²) in [6.45, 7) is 3.76. The highest BCUT2D eigenvalue weighted by Gasteiger charge is 2.31. The van der Waals surface area contributed by atoms with E-state index < -0.39 is 6.03 Å². The molecule has 0 aliphatic carbocycles. The third-order valence-corrected chi connectivity index (χ3v) is 3.52. The van der Waals surface area contributed by atoms with Crippen molar-refractivity contribution in [2.24, 2.45) is 5.92 Å². The minimum Gasteiger partial charge on any atom is -0.293 e. The average molecular weight is 315 g/mol. The predicted molar refractivity (Wildman–Crippen MR) is 68.9 cm³/mol. The topological polar surface area (TPSA) is 49.4 Å². The number of halogens is 2. The third kappa shape index (κ3) is 2.25. The van der Waals surface area contributed by atoms with Crippen LogP contribution in [0.25, 0.3) is 0 Å². The van der Waals surface area contributed by atoms with Crippen molar-refractivity contribution in [3.63, 3.8) is 0 Å². The molecule has 3 amide bonds. The van der Waals surface area contributed by atoms with Gasteiger partial charge in [-0.2, -0.15) is 0 Å². The SMILES string of the molecule is Cc1cc(F)c(Br)cc1N1CC(C)C(=O)NC1=O. The molecule has 1 aliphatic heterocycles. The Morgan fingerprint density at radius 3 is 2.78 bits per heavy atom. The van der Waals surface area contributed by atoms with Gasteiger partial charge in [0.05, 0.1) is 10.4 Å². The van der Waals surface area contributed by atoms with Crippen LogP contribution in [0.3, 0.4) is 0 Å². The largest absolute Gasteiger partial charge is 0.328 e. The lowest BCUT2D eigenvalue weighted by atomic mass is 10.1. The summed E-state index contributed by atoms with van der Waals surface area (Å²) in [6.07, 6.45) is 0. The second-order valence-corrected chi connectivity index (χ2v) is 5.21. The number of imide groups is 1. The molecule has 1 heterocycles. The van der Waals surface area contributed by atoms with Crippen molar-refractivity contribution in [3.8, 4) is 0 Å². The first kappa shape index (κ1) is 13.0. The van der Waals surface area contributed by atoms with Crippen molar-refractivity contribution in [2.45, 2.75) is 13.8 Å². The molecule has 1 unspecified atom stereocenters. The van der Waals surface area contributed by atoms with Gasteiger partial charge in [-0.25, -0.2) is 9.18 Å². The van der Waals surface area contributed by atoms with Gasteiger partial charge in [-0.15, -0.1) is 0 Å². The summed E-state index contributed by atoms with van der Waals surface area (Å²) < 4.78 is 13.6. The van der Waals surface area contributed by atoms with Crippen molar-refractivity contribution in [1.29, 1.82) is 0 Å². The van der Waals surface area contributed by atoms with E-state index in [2.05, 4.69) is 21.2 Å². The van der Waals surface area contributed by atoms with E-state index in [0.29, 0.717) is 22.3 Å². The molecule has 1 aromatic carbocycles. The standard InChI is InChI=1S/C12H12BrFN2O2/c1-6-3-9(14)8(13)4-10(6)16-5-7(2)11(17)15-12(16)18/h3-4,7H,5H2,1-2H3,(H,15,17,18). The maximum Gasteiger partial charge on any atom is 0.328 e. The fraction of sp³-hybridized carbons (Fsp3) is 0.333. The maximum absolute atomic E-state index is 13.3. The summed E-state index contributed by atoms with van der Waals surface area (Å²) in [5.41, 5.74) is 1.24. The first-order valence-electron chi connectivity index (χ1n) is 5.48. The van der Waals surface area contributed by atoms with Crippen molar-refractivity contribution in [3.05, 3.63) is 28.0 Å². The molecule has 1 atom stereocenters. The Labute approximate surface area is 112 Å². The number of urea groups is 1. The molecular formula is C12H12BrFN2O2. The molecule has 2 rings (SSSR count). The van der Waals surface area contributed by atoms with Gasteiger partial charge in [-0.1, -0.05) is 6.92 Å². The van der Waals surface area contributed by atoms with E-state index in [9.17, 15) is 14.0 Å². The number of anilines is 1. The number of hydrogen-bond donors (Lipinski definition) is 1. The van der Waals surface area contributed by atoms with Crippen LogP contribution >= 0.6 is 15.9 Å². The Kier molecular flexibility index (Phi) is 3.38. The minimum atomic E-state index is -0.472. The molecule has 0 aromatic heterocycles. The van der Waals surface area contributed by atoms with Crippen LogP contribution in [-0.2, 0) is 4.79 Å². The molecule has 96 valence electrons. The molecular weight excluding hydrogens is 303 g/mol. The van der Waals surface area contributed by atoms with Gasteiger partial charge >= 0.3 is 6.03 Å². The molecule has 0 spiro atoms. The van der Waals surface area contributed by atoms with Crippen LogP contribution in [-0.4, -0.2) is 18.5 Å². The highest BCUT2D eigenvalue weighted by molar-refractivity contribution is 9.10. The van der Waals surface area contributed by atoms with Gasteiger partial charge in [0.2, 0.25) is 5.91 Å². The summed E-state index contributed by atoms with van der Waals surface area (Å²) in [4.78, 5) is 24.6. The van der Waals surface area contributed by atoms with Gasteiger partial charge in [0.1, 0.15) is 5.82 Å². The van der Waals surface area contributed by atoms with Crippen LogP contribution in [0.1, 0.15) is 12.5 Å². The fourth-order valence-electron chi connectivity index (χ4n) is 1.87. The molecule has 1 saturated heterocycles. The molecule has 0 radical (unpaired) electrons. The Hall–Kier alpha value is -1.43. The van der Waals surface area contributed by atoms with Crippen LogP contribution < -0.4 is 10.2 Å². The molecule has 0 bridgehead atoms. The number of carbonyl (C=O) groups excluding carboxylic acids is 2. The zero-order valence-electron chi connectivity index (χ0n) is 9.96. The zero-order valence-corrected chi connectivity index (χ0v) is 11.5. The number of nitrogens with one attached hydrogen (secondary N) is 1. The number of amides is 3. The highest BCUT2D eigenvalue weighted by atomic mass is 79.9. The minimum absolute atomic E-state index is 0.282. The molecule has 1 aliphatic rings. The molecule has 1 fully saturated rings. The van der Waals surface area contributed by atoms with Gasteiger partial charge in [-0.05, 0) is 40.5 Å². The smallest absolute Gasteiger partial charge is 0.293 e. The van der Waals surface area contributed by atoms with Crippen molar-refractivity contribution in [1.82, 2.24) is 5.32 Å². The lowest BCUT2D eigenvalue weighted by molar-refractivity contribution is -0.123. The maximum atomic E-state index is 13.3. The van der Waals surface area contributed by atoms with Crippen LogP contribution in [0.15, 0.2) is 16.6 Å². The van der Waals surface area contributed by atoms with Crippen LogP contribution in [0, 0.1) is 18.7 Å². The lowest BCUT2D eigenvalue weighted by Gasteiger charge is -2.31. The van der Waals surface area contributed by atoms with Crippen LogP contribution in [0.2, 0.25) is 0 Å². The zero-order chi connectivity index (χ0) is 13.4. The monoisotopic (exact) mass is 314 g/mol. The molecule has 18 heavy (non-hydrogen) atoms. The number of carbonyl (C=O) groups is 2. The third-order valence-electron chi connectivity index (χ3n) is 2.91. The van der Waals surface area contributed by atoms with Crippen molar-refractivity contribution in [2.75, 3.05) is 11.4 Å².